The van der Waals surface area contributed by atoms with Gasteiger partial charge in [0.15, 0.2) is 0 Å². The van der Waals surface area contributed by atoms with Crippen LogP contribution in [0.4, 0.5) is 5.69 Å². The molecule has 2 N–H and O–H groups in total. The van der Waals surface area contributed by atoms with Crippen molar-refractivity contribution >= 4 is 11.5 Å². The molecule has 90 valence electrons. The van der Waals surface area contributed by atoms with Gasteiger partial charge in [-0.3, -0.25) is 0 Å². The fourth-order valence-electron chi connectivity index (χ4n) is 3.24. The Bertz CT molecular complexity index is 474. The van der Waals surface area contributed by atoms with Crippen LogP contribution in [0.1, 0.15) is 56.1 Å². The van der Waals surface area contributed by atoms with E-state index in [1.807, 2.05) is 0 Å². The third-order valence-electron chi connectivity index (χ3n) is 4.27. The largest absolute Gasteiger partial charge is 0.387 e. The molecule has 17 heavy (non-hydrogen) atoms. The van der Waals surface area contributed by atoms with Crippen molar-refractivity contribution in [3.63, 3.8) is 0 Å². The highest BCUT2D eigenvalue weighted by molar-refractivity contribution is 5.89. The van der Waals surface area contributed by atoms with Crippen molar-refractivity contribution in [2.75, 3.05) is 0 Å². The van der Waals surface area contributed by atoms with Gasteiger partial charge in [0.05, 0.1) is 5.69 Å². The fourth-order valence-corrected chi connectivity index (χ4v) is 3.24. The monoisotopic (exact) mass is 228 g/mol. The molecule has 0 radical (unpaired) electrons. The molecule has 0 saturated heterocycles. The van der Waals surface area contributed by atoms with Crippen LogP contribution in [0.2, 0.25) is 0 Å². The molecule has 0 aromatic heterocycles. The van der Waals surface area contributed by atoms with Crippen molar-refractivity contribution in [3.05, 3.63) is 29.3 Å². The van der Waals surface area contributed by atoms with Gasteiger partial charge in [0.2, 0.25) is 0 Å². The summed E-state index contributed by atoms with van der Waals surface area (Å²) in [5.41, 5.74) is 10.0. The third-order valence-corrected chi connectivity index (χ3v) is 4.27. The van der Waals surface area contributed by atoms with E-state index in [4.69, 9.17) is 5.73 Å². The highest BCUT2D eigenvalue weighted by atomic mass is 14.9. The standard InChI is InChI=1S/C15H20N2/c1-9(2)10-6-7-12-11-4-3-5-13(11)15(16)17-14(12)8-10/h6-9,11,13H,3-5H2,1-2H3,(H2,16,17). The number of benzene rings is 1. The molecule has 1 aromatic rings. The molecular weight excluding hydrogens is 208 g/mol. The SMILES string of the molecule is CC(C)c1ccc2c(c1)N=C(N)C1CCCC21. The van der Waals surface area contributed by atoms with Crippen molar-refractivity contribution in [1.82, 2.24) is 0 Å². The highest BCUT2D eigenvalue weighted by Gasteiger charge is 2.35. The minimum absolute atomic E-state index is 0.507. The number of hydrogen-bond donors (Lipinski definition) is 1. The zero-order chi connectivity index (χ0) is 12.0. The summed E-state index contributed by atoms with van der Waals surface area (Å²) in [6.45, 7) is 4.44. The molecule has 2 nitrogen and oxygen atoms in total. The van der Waals surface area contributed by atoms with E-state index < -0.39 is 0 Å². The lowest BCUT2D eigenvalue weighted by atomic mass is 9.83. The number of aliphatic imine (C=N–C) groups is 1. The predicted molar refractivity (Wildman–Crippen MR) is 71.9 cm³/mol. The normalized spacial score (nSPS) is 26.6. The molecule has 1 fully saturated rings. The molecular formula is C15H20N2. The summed E-state index contributed by atoms with van der Waals surface area (Å²) in [4.78, 5) is 4.63. The van der Waals surface area contributed by atoms with Crippen LogP contribution in [-0.2, 0) is 0 Å². The molecule has 2 heteroatoms. The third kappa shape index (κ3) is 1.67. The summed E-state index contributed by atoms with van der Waals surface area (Å²) in [6, 6.07) is 6.76. The fraction of sp³-hybridized carbons (Fsp3) is 0.533. The van der Waals surface area contributed by atoms with Gasteiger partial charge in [0.25, 0.3) is 0 Å². The van der Waals surface area contributed by atoms with Crippen LogP contribution in [0.5, 0.6) is 0 Å². The van der Waals surface area contributed by atoms with Gasteiger partial charge in [-0.2, -0.15) is 0 Å². The molecule has 0 amide bonds. The Balaban J connectivity index is 2.09. The molecule has 2 atom stereocenters. The number of rotatable bonds is 1. The van der Waals surface area contributed by atoms with Gasteiger partial charge in [-0.25, -0.2) is 4.99 Å². The summed E-state index contributed by atoms with van der Waals surface area (Å²) in [5, 5.41) is 0. The first-order valence-electron chi connectivity index (χ1n) is 6.64. The second-order valence-electron chi connectivity index (χ2n) is 5.65. The number of amidine groups is 1. The van der Waals surface area contributed by atoms with Crippen molar-refractivity contribution < 1.29 is 0 Å². The number of nitrogens with two attached hydrogens (primary N) is 1. The summed E-state index contributed by atoms with van der Waals surface area (Å²) in [7, 11) is 0. The molecule has 2 unspecified atom stereocenters. The first kappa shape index (κ1) is 10.8. The maximum Gasteiger partial charge on any atom is 0.103 e. The molecule has 2 aliphatic rings. The quantitative estimate of drug-likeness (QED) is 0.782. The lowest BCUT2D eigenvalue weighted by Crippen LogP contribution is -2.28. The Hall–Kier alpha value is -1.31. The smallest absolute Gasteiger partial charge is 0.103 e. The number of fused-ring (bicyclic) bond motifs is 3. The average Bonchev–Trinajstić information content (AvgIpc) is 2.78. The molecule has 1 aliphatic heterocycles. The first-order valence-corrected chi connectivity index (χ1v) is 6.64. The van der Waals surface area contributed by atoms with E-state index in [1.165, 1.54) is 30.4 Å². The van der Waals surface area contributed by atoms with Gasteiger partial charge in [-0.1, -0.05) is 32.4 Å². The van der Waals surface area contributed by atoms with E-state index in [2.05, 4.69) is 37.0 Å². The van der Waals surface area contributed by atoms with E-state index in [9.17, 15) is 0 Å². The maximum absolute atomic E-state index is 6.11. The van der Waals surface area contributed by atoms with Crippen LogP contribution in [-0.4, -0.2) is 5.84 Å². The topological polar surface area (TPSA) is 38.4 Å². The van der Waals surface area contributed by atoms with E-state index in [1.54, 1.807) is 0 Å². The van der Waals surface area contributed by atoms with E-state index in [0.29, 0.717) is 17.8 Å². The van der Waals surface area contributed by atoms with Gasteiger partial charge in [0, 0.05) is 5.92 Å². The van der Waals surface area contributed by atoms with E-state index in [0.717, 1.165) is 11.5 Å². The maximum atomic E-state index is 6.11. The van der Waals surface area contributed by atoms with Crippen molar-refractivity contribution in [1.29, 1.82) is 0 Å². The summed E-state index contributed by atoms with van der Waals surface area (Å²) >= 11 is 0. The lowest BCUT2D eigenvalue weighted by Gasteiger charge is -2.26. The van der Waals surface area contributed by atoms with Gasteiger partial charge in [-0.05, 0) is 41.9 Å². The molecule has 0 spiro atoms. The zero-order valence-corrected chi connectivity index (χ0v) is 10.6. The highest BCUT2D eigenvalue weighted by Crippen LogP contribution is 2.47. The van der Waals surface area contributed by atoms with Crippen molar-refractivity contribution in [2.45, 2.75) is 44.9 Å². The average molecular weight is 228 g/mol. The molecule has 1 saturated carbocycles. The van der Waals surface area contributed by atoms with E-state index >= 15 is 0 Å². The van der Waals surface area contributed by atoms with Crippen LogP contribution in [0, 0.1) is 5.92 Å². The molecule has 1 aliphatic carbocycles. The van der Waals surface area contributed by atoms with Gasteiger partial charge >= 0.3 is 0 Å². The van der Waals surface area contributed by atoms with Crippen molar-refractivity contribution in [3.8, 4) is 0 Å². The second kappa shape index (κ2) is 3.86. The summed E-state index contributed by atoms with van der Waals surface area (Å²) < 4.78 is 0. The Morgan fingerprint density at radius 1 is 1.24 bits per heavy atom. The summed E-state index contributed by atoms with van der Waals surface area (Å²) in [5.74, 6) is 2.55. The Kier molecular flexibility index (Phi) is 2.46. The van der Waals surface area contributed by atoms with Gasteiger partial charge < -0.3 is 5.73 Å². The minimum Gasteiger partial charge on any atom is -0.387 e. The lowest BCUT2D eigenvalue weighted by molar-refractivity contribution is 0.609. The Labute approximate surface area is 103 Å². The molecule has 1 heterocycles. The number of hydrogen-bond acceptors (Lipinski definition) is 2. The van der Waals surface area contributed by atoms with Crippen LogP contribution in [0.25, 0.3) is 0 Å². The second-order valence-corrected chi connectivity index (χ2v) is 5.65. The van der Waals surface area contributed by atoms with Gasteiger partial charge in [0.1, 0.15) is 5.84 Å². The first-order chi connectivity index (χ1) is 8.16. The molecule has 0 bridgehead atoms. The Morgan fingerprint density at radius 2 is 2.00 bits per heavy atom. The molecule has 3 rings (SSSR count). The molecule has 1 aromatic carbocycles. The predicted octanol–water partition coefficient (Wildman–Crippen LogP) is 3.70. The van der Waals surface area contributed by atoms with Crippen LogP contribution in [0.3, 0.4) is 0 Å². The summed E-state index contributed by atoms with van der Waals surface area (Å²) in [6.07, 6.45) is 3.78. The van der Waals surface area contributed by atoms with Crippen LogP contribution in [0.15, 0.2) is 23.2 Å². The number of nitrogens with zero attached hydrogens (tertiary/aromatic N) is 1. The van der Waals surface area contributed by atoms with Crippen LogP contribution >= 0.6 is 0 Å². The zero-order valence-electron chi connectivity index (χ0n) is 10.6. The van der Waals surface area contributed by atoms with Gasteiger partial charge in [-0.15, -0.1) is 0 Å². The Morgan fingerprint density at radius 3 is 2.76 bits per heavy atom. The van der Waals surface area contributed by atoms with Crippen LogP contribution < -0.4 is 5.73 Å². The van der Waals surface area contributed by atoms with E-state index in [-0.39, 0.29) is 0 Å². The minimum atomic E-state index is 0.507. The van der Waals surface area contributed by atoms with Crippen molar-refractivity contribution in [2.24, 2.45) is 16.6 Å².